The van der Waals surface area contributed by atoms with Gasteiger partial charge < -0.3 is 4.74 Å². The highest BCUT2D eigenvalue weighted by Gasteiger charge is 2.35. The van der Waals surface area contributed by atoms with E-state index < -0.39 is 20.7 Å². The first-order valence-electron chi connectivity index (χ1n) is 10.7. The number of rotatable bonds is 5. The van der Waals surface area contributed by atoms with Crippen molar-refractivity contribution in [1.29, 1.82) is 0 Å². The largest absolute Gasteiger partial charge is 0.493 e. The van der Waals surface area contributed by atoms with Crippen molar-refractivity contribution >= 4 is 27.2 Å². The van der Waals surface area contributed by atoms with Crippen LogP contribution in [0.3, 0.4) is 0 Å². The molecule has 1 fully saturated rings. The van der Waals surface area contributed by atoms with Crippen molar-refractivity contribution in [2.75, 3.05) is 17.9 Å². The van der Waals surface area contributed by atoms with Crippen LogP contribution in [0, 0.1) is 5.82 Å². The molecule has 0 aliphatic carbocycles. The van der Waals surface area contributed by atoms with Crippen LogP contribution in [0.2, 0.25) is 0 Å². The number of thiazole rings is 1. The number of fused-ring (bicyclic) bond motifs is 1. The van der Waals surface area contributed by atoms with Gasteiger partial charge in [0.05, 0.1) is 12.1 Å². The summed E-state index contributed by atoms with van der Waals surface area (Å²) >= 11 is 1.25. The van der Waals surface area contributed by atoms with Crippen molar-refractivity contribution in [3.05, 3.63) is 70.3 Å². The average Bonchev–Trinajstić information content (AvgIpc) is 3.31. The van der Waals surface area contributed by atoms with Crippen molar-refractivity contribution in [3.63, 3.8) is 0 Å². The molecule has 1 aromatic heterocycles. The molecule has 2 aliphatic rings. The minimum atomic E-state index is -4.12. The fourth-order valence-corrected chi connectivity index (χ4v) is 6.37. The van der Waals surface area contributed by atoms with Gasteiger partial charge in [0.1, 0.15) is 16.5 Å². The standard InChI is InChI=1S/C23H24FN3O3S2/c24-18-12-17-20(27-10-5-4-8-19(27)16-6-2-1-3-7-16)9-11-30-21(17)13-22(18)32(28,29)26-23-14-31-15-25-23/h1-3,6-7,12-15,19-20,26H,4-5,8-11H2. The lowest BCUT2D eigenvalue weighted by Gasteiger charge is -2.43. The highest BCUT2D eigenvalue weighted by atomic mass is 32.2. The molecule has 0 amide bonds. The number of halogens is 1. The number of sulfonamides is 1. The van der Waals surface area contributed by atoms with E-state index in [9.17, 15) is 8.42 Å². The Morgan fingerprint density at radius 1 is 1.12 bits per heavy atom. The second kappa shape index (κ2) is 8.80. The van der Waals surface area contributed by atoms with Crippen LogP contribution < -0.4 is 9.46 Å². The van der Waals surface area contributed by atoms with Gasteiger partial charge in [-0.25, -0.2) is 17.8 Å². The summed E-state index contributed by atoms with van der Waals surface area (Å²) in [5, 5.41) is 1.56. The van der Waals surface area contributed by atoms with Crippen molar-refractivity contribution in [3.8, 4) is 5.75 Å². The van der Waals surface area contributed by atoms with E-state index in [0.717, 1.165) is 32.2 Å². The number of ether oxygens (including phenoxy) is 1. The third-order valence-electron chi connectivity index (χ3n) is 6.16. The average molecular weight is 474 g/mol. The zero-order valence-corrected chi connectivity index (χ0v) is 19.0. The molecule has 168 valence electrons. The van der Waals surface area contributed by atoms with Gasteiger partial charge in [0.2, 0.25) is 0 Å². The van der Waals surface area contributed by atoms with Gasteiger partial charge in [0, 0.05) is 35.5 Å². The van der Waals surface area contributed by atoms with E-state index in [4.69, 9.17) is 4.74 Å². The molecule has 3 heterocycles. The van der Waals surface area contributed by atoms with Gasteiger partial charge in [-0.3, -0.25) is 9.62 Å². The number of nitrogens with one attached hydrogen (secondary N) is 1. The molecule has 0 bridgehead atoms. The summed E-state index contributed by atoms with van der Waals surface area (Å²) in [5.74, 6) is -0.182. The second-order valence-electron chi connectivity index (χ2n) is 8.11. The molecule has 1 N–H and O–H groups in total. The molecule has 32 heavy (non-hydrogen) atoms. The van der Waals surface area contributed by atoms with Gasteiger partial charge in [-0.05, 0) is 31.0 Å². The van der Waals surface area contributed by atoms with E-state index in [-0.39, 0.29) is 17.9 Å². The summed E-state index contributed by atoms with van der Waals surface area (Å²) in [5.41, 5.74) is 3.48. The predicted molar refractivity (Wildman–Crippen MR) is 122 cm³/mol. The van der Waals surface area contributed by atoms with Crippen molar-refractivity contribution in [2.24, 2.45) is 0 Å². The number of piperidine rings is 1. The molecule has 0 saturated carbocycles. The second-order valence-corrected chi connectivity index (χ2v) is 10.5. The number of hydrogen-bond donors (Lipinski definition) is 1. The van der Waals surface area contributed by atoms with Crippen molar-refractivity contribution < 1.29 is 17.5 Å². The molecular formula is C23H24FN3O3S2. The normalized spacial score (nSPS) is 21.5. The van der Waals surface area contributed by atoms with E-state index in [1.54, 1.807) is 5.38 Å². The molecule has 0 radical (unpaired) electrons. The molecule has 9 heteroatoms. The van der Waals surface area contributed by atoms with E-state index >= 15 is 4.39 Å². The summed E-state index contributed by atoms with van der Waals surface area (Å²) in [6, 6.07) is 13.3. The van der Waals surface area contributed by atoms with Gasteiger partial charge in [0.25, 0.3) is 10.0 Å². The first-order valence-corrected chi connectivity index (χ1v) is 13.1. The van der Waals surface area contributed by atoms with E-state index in [0.29, 0.717) is 17.9 Å². The van der Waals surface area contributed by atoms with Gasteiger partial charge >= 0.3 is 0 Å². The maximum Gasteiger partial charge on any atom is 0.266 e. The molecule has 2 atom stereocenters. The Kier molecular flexibility index (Phi) is 5.88. The zero-order chi connectivity index (χ0) is 22.1. The fraction of sp³-hybridized carbons (Fsp3) is 0.348. The van der Waals surface area contributed by atoms with Gasteiger partial charge in [0.15, 0.2) is 5.82 Å². The minimum Gasteiger partial charge on any atom is -0.493 e. The molecule has 5 rings (SSSR count). The molecule has 2 aliphatic heterocycles. The van der Waals surface area contributed by atoms with Crippen LogP contribution in [0.15, 0.2) is 58.3 Å². The SMILES string of the molecule is O=S(=O)(Nc1cscn1)c1cc2c(cc1F)C(N1CCCCC1c1ccccc1)CCO2. The molecule has 2 unspecified atom stereocenters. The predicted octanol–water partition coefficient (Wildman–Crippen LogP) is 5.13. The Morgan fingerprint density at radius 2 is 1.97 bits per heavy atom. The molecule has 3 aromatic rings. The Morgan fingerprint density at radius 3 is 2.75 bits per heavy atom. The minimum absolute atomic E-state index is 0.0259. The summed E-state index contributed by atoms with van der Waals surface area (Å²) in [7, 11) is -4.12. The van der Waals surface area contributed by atoms with Crippen LogP contribution >= 0.6 is 11.3 Å². The summed E-state index contributed by atoms with van der Waals surface area (Å²) in [6.07, 6.45) is 4.02. The highest BCUT2D eigenvalue weighted by molar-refractivity contribution is 7.92. The highest BCUT2D eigenvalue weighted by Crippen LogP contribution is 2.44. The monoisotopic (exact) mass is 473 g/mol. The van der Waals surface area contributed by atoms with Crippen LogP contribution in [0.25, 0.3) is 0 Å². The first-order chi connectivity index (χ1) is 15.5. The lowest BCUT2D eigenvalue weighted by atomic mass is 9.89. The van der Waals surface area contributed by atoms with Crippen LogP contribution in [0.1, 0.15) is 48.9 Å². The van der Waals surface area contributed by atoms with E-state index in [1.165, 1.54) is 34.5 Å². The van der Waals surface area contributed by atoms with E-state index in [1.807, 2.05) is 18.2 Å². The number of hydrogen-bond acceptors (Lipinski definition) is 6. The maximum absolute atomic E-state index is 15.2. The first kappa shape index (κ1) is 21.4. The topological polar surface area (TPSA) is 71.5 Å². The quantitative estimate of drug-likeness (QED) is 0.556. The summed E-state index contributed by atoms with van der Waals surface area (Å²) < 4.78 is 48.8. The number of aromatic nitrogens is 1. The number of likely N-dealkylation sites (tertiary alicyclic amines) is 1. The fourth-order valence-electron chi connectivity index (χ4n) is 4.74. The molecule has 0 spiro atoms. The lowest BCUT2D eigenvalue weighted by Crippen LogP contribution is -2.39. The van der Waals surface area contributed by atoms with Gasteiger partial charge in [-0.2, -0.15) is 0 Å². The third kappa shape index (κ3) is 4.12. The van der Waals surface area contributed by atoms with Crippen LogP contribution in [-0.4, -0.2) is 31.5 Å². The van der Waals surface area contributed by atoms with Crippen molar-refractivity contribution in [2.45, 2.75) is 42.7 Å². The molecule has 6 nitrogen and oxygen atoms in total. The van der Waals surface area contributed by atoms with Crippen LogP contribution in [0.5, 0.6) is 5.75 Å². The lowest BCUT2D eigenvalue weighted by molar-refractivity contribution is 0.0665. The Hall–Kier alpha value is -2.49. The maximum atomic E-state index is 15.2. The van der Waals surface area contributed by atoms with Crippen LogP contribution in [-0.2, 0) is 10.0 Å². The Bertz CT molecular complexity index is 1190. The molecular weight excluding hydrogens is 449 g/mol. The summed E-state index contributed by atoms with van der Waals surface area (Å²) in [6.45, 7) is 1.37. The van der Waals surface area contributed by atoms with E-state index in [2.05, 4.69) is 26.7 Å². The number of benzene rings is 2. The third-order valence-corrected chi connectivity index (χ3v) is 8.12. The number of nitrogens with zero attached hydrogens (tertiary/aromatic N) is 2. The smallest absolute Gasteiger partial charge is 0.266 e. The Labute approximate surface area is 191 Å². The molecule has 2 aromatic carbocycles. The van der Waals surface area contributed by atoms with Gasteiger partial charge in [-0.1, -0.05) is 36.8 Å². The summed E-state index contributed by atoms with van der Waals surface area (Å²) in [4.78, 5) is 5.93. The zero-order valence-electron chi connectivity index (χ0n) is 17.4. The number of anilines is 1. The molecule has 1 saturated heterocycles. The van der Waals surface area contributed by atoms with Crippen LogP contribution in [0.4, 0.5) is 10.2 Å². The van der Waals surface area contributed by atoms with Crippen molar-refractivity contribution in [1.82, 2.24) is 9.88 Å². The Balaban J connectivity index is 1.49. The van der Waals surface area contributed by atoms with Gasteiger partial charge in [-0.15, -0.1) is 11.3 Å².